The number of nitrogens with zero attached hydrogens (tertiary/aromatic N) is 7. The molecule has 2 aliphatic heterocycles. The van der Waals surface area contributed by atoms with Gasteiger partial charge in [0.15, 0.2) is 5.65 Å². The smallest absolute Gasteiger partial charge is 0.355 e. The van der Waals surface area contributed by atoms with E-state index in [1.165, 1.54) is 18.5 Å². The number of hydrogen-bond donors (Lipinski definition) is 0. The third-order valence-electron chi connectivity index (χ3n) is 6.24. The summed E-state index contributed by atoms with van der Waals surface area (Å²) >= 11 is 0. The van der Waals surface area contributed by atoms with Crippen LogP contribution in [0, 0.1) is 5.41 Å². The highest BCUT2D eigenvalue weighted by Gasteiger charge is 2.47. The van der Waals surface area contributed by atoms with Gasteiger partial charge in [-0.2, -0.15) is 18.3 Å². The first-order valence-electron chi connectivity index (χ1n) is 10.2. The summed E-state index contributed by atoms with van der Waals surface area (Å²) in [7, 11) is 0. The van der Waals surface area contributed by atoms with Crippen LogP contribution in [-0.4, -0.2) is 57.3 Å². The van der Waals surface area contributed by atoms with E-state index in [1.54, 1.807) is 11.1 Å². The molecule has 0 aromatic carbocycles. The first-order chi connectivity index (χ1) is 15.2. The Balaban J connectivity index is 1.26. The number of fused-ring (bicyclic) bond motifs is 1. The molecule has 3 aromatic rings. The molecule has 0 bridgehead atoms. The average Bonchev–Trinajstić information content (AvgIpc) is 3.13. The molecule has 0 N–H and O–H groups in total. The van der Waals surface area contributed by atoms with Gasteiger partial charge < -0.3 is 9.80 Å². The van der Waals surface area contributed by atoms with Gasteiger partial charge in [0.1, 0.15) is 23.7 Å². The van der Waals surface area contributed by atoms with Crippen LogP contribution in [0.5, 0.6) is 0 Å². The summed E-state index contributed by atoms with van der Waals surface area (Å²) in [5.74, 6) is 0.570. The summed E-state index contributed by atoms with van der Waals surface area (Å²) in [5, 5.41) is 3.93. The van der Waals surface area contributed by atoms with E-state index < -0.39 is 24.7 Å². The zero-order valence-electron chi connectivity index (χ0n) is 16.9. The molecule has 0 aliphatic carbocycles. The standard InChI is InChI=1S/C20H20F5N7/c21-15(22)10-32-18-14(8-28-32)27-9-16(29-18)30-6-3-19(4-7-30)11-31(12-19)17-13(20(23,24)25)2-1-5-26-17/h1-2,5,8-9,15H,3-4,6-7,10-12H2. The molecule has 7 nitrogen and oxygen atoms in total. The van der Waals surface area contributed by atoms with E-state index >= 15 is 0 Å². The summed E-state index contributed by atoms with van der Waals surface area (Å²) in [6.45, 7) is 1.81. The third-order valence-corrected chi connectivity index (χ3v) is 6.24. The Labute approximate surface area is 179 Å². The average molecular weight is 453 g/mol. The molecule has 2 fully saturated rings. The fraction of sp³-hybridized carbons (Fsp3) is 0.500. The number of halogens is 5. The van der Waals surface area contributed by atoms with E-state index in [2.05, 4.69) is 20.1 Å². The molecule has 32 heavy (non-hydrogen) atoms. The quantitative estimate of drug-likeness (QED) is 0.563. The molecule has 2 saturated heterocycles. The molecule has 170 valence electrons. The van der Waals surface area contributed by atoms with Crippen LogP contribution in [0.3, 0.4) is 0 Å². The molecule has 0 saturated carbocycles. The molecule has 0 unspecified atom stereocenters. The van der Waals surface area contributed by atoms with Gasteiger partial charge >= 0.3 is 6.18 Å². The van der Waals surface area contributed by atoms with E-state index in [0.717, 1.165) is 23.6 Å². The Morgan fingerprint density at radius 3 is 2.47 bits per heavy atom. The molecule has 1 spiro atoms. The highest BCUT2D eigenvalue weighted by atomic mass is 19.4. The number of pyridine rings is 1. The fourth-order valence-corrected chi connectivity index (χ4v) is 4.57. The van der Waals surface area contributed by atoms with Crippen LogP contribution in [0.25, 0.3) is 11.2 Å². The van der Waals surface area contributed by atoms with Crippen molar-refractivity contribution in [3.05, 3.63) is 36.3 Å². The van der Waals surface area contributed by atoms with Crippen molar-refractivity contribution in [3.8, 4) is 0 Å². The lowest BCUT2D eigenvalue weighted by Gasteiger charge is -2.54. The fourth-order valence-electron chi connectivity index (χ4n) is 4.57. The molecular formula is C20H20F5N7. The Morgan fingerprint density at radius 1 is 1.03 bits per heavy atom. The van der Waals surface area contributed by atoms with Gasteiger partial charge in [0.25, 0.3) is 6.43 Å². The zero-order valence-corrected chi connectivity index (χ0v) is 16.9. The van der Waals surface area contributed by atoms with Crippen molar-refractivity contribution in [1.82, 2.24) is 24.7 Å². The minimum Gasteiger partial charge on any atom is -0.355 e. The number of piperidine rings is 1. The molecule has 0 radical (unpaired) electrons. The number of anilines is 2. The predicted octanol–water partition coefficient (Wildman–Crippen LogP) is 3.61. The van der Waals surface area contributed by atoms with Crippen LogP contribution in [0.4, 0.5) is 33.6 Å². The van der Waals surface area contributed by atoms with Gasteiger partial charge in [-0.05, 0) is 25.0 Å². The molecular weight excluding hydrogens is 433 g/mol. The second kappa shape index (κ2) is 7.52. The van der Waals surface area contributed by atoms with E-state index in [0.29, 0.717) is 43.2 Å². The highest BCUT2D eigenvalue weighted by molar-refractivity contribution is 5.71. The first-order valence-corrected chi connectivity index (χ1v) is 10.2. The SMILES string of the molecule is FC(F)Cn1ncc2ncc(N3CCC4(CC3)CN(c3ncccc3C(F)(F)F)C4)nc21. The van der Waals surface area contributed by atoms with Gasteiger partial charge in [0.2, 0.25) is 0 Å². The van der Waals surface area contributed by atoms with Crippen LogP contribution < -0.4 is 9.80 Å². The van der Waals surface area contributed by atoms with Gasteiger partial charge in [0.05, 0.1) is 18.0 Å². The van der Waals surface area contributed by atoms with Gasteiger partial charge in [-0.25, -0.2) is 28.4 Å². The molecule has 3 aromatic heterocycles. The predicted molar refractivity (Wildman–Crippen MR) is 107 cm³/mol. The second-order valence-electron chi connectivity index (χ2n) is 8.37. The Hall–Kier alpha value is -3.05. The molecule has 0 atom stereocenters. The van der Waals surface area contributed by atoms with Crippen molar-refractivity contribution in [3.63, 3.8) is 0 Å². The largest absolute Gasteiger partial charge is 0.419 e. The lowest BCUT2D eigenvalue weighted by molar-refractivity contribution is -0.137. The van der Waals surface area contributed by atoms with Gasteiger partial charge in [0, 0.05) is 37.8 Å². The maximum Gasteiger partial charge on any atom is 0.419 e. The number of alkyl halides is 5. The topological polar surface area (TPSA) is 63.0 Å². The van der Waals surface area contributed by atoms with E-state index in [-0.39, 0.29) is 11.2 Å². The van der Waals surface area contributed by atoms with Crippen molar-refractivity contribution >= 4 is 22.8 Å². The Morgan fingerprint density at radius 2 is 1.78 bits per heavy atom. The highest BCUT2D eigenvalue weighted by Crippen LogP contribution is 2.45. The summed E-state index contributed by atoms with van der Waals surface area (Å²) in [6, 6.07) is 2.36. The van der Waals surface area contributed by atoms with Gasteiger partial charge in [-0.15, -0.1) is 0 Å². The maximum absolute atomic E-state index is 13.3. The van der Waals surface area contributed by atoms with Gasteiger partial charge in [-0.1, -0.05) is 0 Å². The number of rotatable bonds is 4. The molecule has 2 aliphatic rings. The molecule has 5 rings (SSSR count). The first kappa shape index (κ1) is 20.8. The lowest BCUT2D eigenvalue weighted by atomic mass is 9.72. The zero-order chi connectivity index (χ0) is 22.5. The molecule has 0 amide bonds. The lowest BCUT2D eigenvalue weighted by Crippen LogP contribution is -2.61. The summed E-state index contributed by atoms with van der Waals surface area (Å²) < 4.78 is 66.6. The molecule has 5 heterocycles. The maximum atomic E-state index is 13.3. The number of aromatic nitrogens is 5. The van der Waals surface area contributed by atoms with Crippen LogP contribution in [-0.2, 0) is 12.7 Å². The van der Waals surface area contributed by atoms with E-state index in [4.69, 9.17) is 0 Å². The minimum atomic E-state index is -4.44. The normalized spacial score (nSPS) is 18.6. The van der Waals surface area contributed by atoms with Crippen LogP contribution >= 0.6 is 0 Å². The Kier molecular flexibility index (Phi) is 4.90. The van der Waals surface area contributed by atoms with Crippen molar-refractivity contribution in [2.75, 3.05) is 36.0 Å². The summed E-state index contributed by atoms with van der Waals surface area (Å²) in [6.07, 6.45) is -1.02. The van der Waals surface area contributed by atoms with E-state index in [9.17, 15) is 22.0 Å². The van der Waals surface area contributed by atoms with Crippen molar-refractivity contribution in [1.29, 1.82) is 0 Å². The Bertz CT molecular complexity index is 1110. The van der Waals surface area contributed by atoms with E-state index in [1.807, 2.05) is 4.90 Å². The van der Waals surface area contributed by atoms with Crippen molar-refractivity contribution in [2.24, 2.45) is 5.41 Å². The summed E-state index contributed by atoms with van der Waals surface area (Å²) in [4.78, 5) is 16.5. The molecule has 12 heteroatoms. The van der Waals surface area contributed by atoms with Crippen LogP contribution in [0.15, 0.2) is 30.7 Å². The second-order valence-corrected chi connectivity index (χ2v) is 8.37. The number of hydrogen-bond acceptors (Lipinski definition) is 6. The summed E-state index contributed by atoms with van der Waals surface area (Å²) in [5.41, 5.74) is -0.0105. The minimum absolute atomic E-state index is 0.0170. The van der Waals surface area contributed by atoms with Crippen molar-refractivity contribution in [2.45, 2.75) is 32.0 Å². The van der Waals surface area contributed by atoms with Crippen molar-refractivity contribution < 1.29 is 22.0 Å². The monoisotopic (exact) mass is 453 g/mol. The van der Waals surface area contributed by atoms with Crippen LogP contribution in [0.1, 0.15) is 18.4 Å². The third kappa shape index (κ3) is 3.71. The van der Waals surface area contributed by atoms with Crippen LogP contribution in [0.2, 0.25) is 0 Å². The van der Waals surface area contributed by atoms with Gasteiger partial charge in [-0.3, -0.25) is 0 Å².